The Bertz CT molecular complexity index is 328. The summed E-state index contributed by atoms with van der Waals surface area (Å²) in [5, 5.41) is 8.49. The maximum absolute atomic E-state index is 8.49. The van der Waals surface area contributed by atoms with Gasteiger partial charge < -0.3 is 4.74 Å². The first-order valence-corrected chi connectivity index (χ1v) is 5.45. The second kappa shape index (κ2) is 6.89. The maximum Gasteiger partial charge on any atom is 0.119 e. The molecule has 0 aliphatic heterocycles. The van der Waals surface area contributed by atoms with Gasteiger partial charge in [-0.1, -0.05) is 25.5 Å². The fourth-order valence-corrected chi connectivity index (χ4v) is 1.33. The molecular weight excluding hydrogens is 186 g/mol. The lowest BCUT2D eigenvalue weighted by atomic mass is 10.1. The average Bonchev–Trinajstić information content (AvgIpc) is 2.27. The molecule has 0 spiro atoms. The third-order valence-corrected chi connectivity index (χ3v) is 2.19. The molecule has 0 fully saturated rings. The lowest BCUT2D eigenvalue weighted by Gasteiger charge is -2.06. The predicted octanol–water partition coefficient (Wildman–Crippen LogP) is 3.32. The molecule has 0 heterocycles. The van der Waals surface area contributed by atoms with Crippen LogP contribution in [0.3, 0.4) is 0 Å². The lowest BCUT2D eigenvalue weighted by molar-refractivity contribution is 0.309. The largest absolute Gasteiger partial charge is 0.494 e. The second-order valence-electron chi connectivity index (χ2n) is 3.51. The summed E-state index contributed by atoms with van der Waals surface area (Å²) in [7, 11) is 0. The number of ether oxygens (including phenoxy) is 1. The zero-order valence-corrected chi connectivity index (χ0v) is 9.20. The molecule has 0 atom stereocenters. The molecule has 0 aromatic heterocycles. The summed E-state index contributed by atoms with van der Waals surface area (Å²) in [6.07, 6.45) is 3.61. The quantitative estimate of drug-likeness (QED) is 0.664. The van der Waals surface area contributed by atoms with Gasteiger partial charge in [0.15, 0.2) is 0 Å². The van der Waals surface area contributed by atoms with E-state index in [4.69, 9.17) is 10.00 Å². The Balaban J connectivity index is 2.47. The fourth-order valence-electron chi connectivity index (χ4n) is 1.33. The molecule has 0 aliphatic rings. The number of benzene rings is 1. The van der Waals surface area contributed by atoms with Crippen molar-refractivity contribution in [2.24, 2.45) is 0 Å². The zero-order valence-electron chi connectivity index (χ0n) is 9.20. The number of unbranched alkanes of at least 4 members (excludes halogenated alkanes) is 1. The van der Waals surface area contributed by atoms with Gasteiger partial charge in [0.25, 0.3) is 0 Å². The van der Waals surface area contributed by atoms with Gasteiger partial charge in [-0.25, -0.2) is 0 Å². The molecule has 2 heteroatoms. The van der Waals surface area contributed by atoms with Crippen LogP contribution in [0.25, 0.3) is 0 Å². The van der Waals surface area contributed by atoms with Crippen molar-refractivity contribution in [3.63, 3.8) is 0 Å². The minimum Gasteiger partial charge on any atom is -0.494 e. The Hall–Kier alpha value is -1.49. The first-order chi connectivity index (χ1) is 7.36. The molecule has 2 nitrogen and oxygen atoms in total. The smallest absolute Gasteiger partial charge is 0.119 e. The van der Waals surface area contributed by atoms with Crippen molar-refractivity contribution >= 4 is 0 Å². The summed E-state index contributed by atoms with van der Waals surface area (Å²) in [6.45, 7) is 2.92. The summed E-state index contributed by atoms with van der Waals surface area (Å²) >= 11 is 0. The van der Waals surface area contributed by atoms with E-state index < -0.39 is 0 Å². The summed E-state index contributed by atoms with van der Waals surface area (Å²) in [5.41, 5.74) is 1.17. The van der Waals surface area contributed by atoms with Crippen molar-refractivity contribution in [3.05, 3.63) is 29.8 Å². The molecule has 0 unspecified atom stereocenters. The van der Waals surface area contributed by atoms with Crippen LogP contribution >= 0.6 is 0 Å². The minimum atomic E-state index is 0.568. The second-order valence-corrected chi connectivity index (χ2v) is 3.51. The maximum atomic E-state index is 8.49. The average molecular weight is 203 g/mol. The summed E-state index contributed by atoms with van der Waals surface area (Å²) < 4.78 is 5.58. The highest BCUT2D eigenvalue weighted by Crippen LogP contribution is 2.14. The topological polar surface area (TPSA) is 33.0 Å². The number of nitrogens with zero attached hydrogens (tertiary/aromatic N) is 1. The van der Waals surface area contributed by atoms with E-state index in [1.807, 2.05) is 24.3 Å². The number of hydrogen-bond donors (Lipinski definition) is 0. The molecule has 0 aliphatic carbocycles. The molecule has 0 bridgehead atoms. The summed E-state index contributed by atoms with van der Waals surface area (Å²) in [5.74, 6) is 0.916. The molecule has 1 aromatic carbocycles. The highest BCUT2D eigenvalue weighted by molar-refractivity contribution is 5.28. The number of hydrogen-bond acceptors (Lipinski definition) is 2. The van der Waals surface area contributed by atoms with E-state index in [0.717, 1.165) is 31.6 Å². The van der Waals surface area contributed by atoms with Gasteiger partial charge >= 0.3 is 0 Å². The zero-order chi connectivity index (χ0) is 10.9. The monoisotopic (exact) mass is 203 g/mol. The van der Waals surface area contributed by atoms with Crippen molar-refractivity contribution in [3.8, 4) is 11.8 Å². The van der Waals surface area contributed by atoms with E-state index in [1.54, 1.807) is 0 Å². The first kappa shape index (κ1) is 11.6. The van der Waals surface area contributed by atoms with E-state index in [2.05, 4.69) is 13.0 Å². The Labute approximate surface area is 91.5 Å². The van der Waals surface area contributed by atoms with Gasteiger partial charge in [-0.3, -0.25) is 0 Å². The highest BCUT2D eigenvalue weighted by atomic mass is 16.5. The summed E-state index contributed by atoms with van der Waals surface area (Å²) in [6, 6.07) is 10.1. The molecule has 1 rings (SSSR count). The van der Waals surface area contributed by atoms with Gasteiger partial charge in [-0.2, -0.15) is 5.26 Å². The number of nitriles is 1. The molecule has 0 N–H and O–H groups in total. The molecule has 15 heavy (non-hydrogen) atoms. The van der Waals surface area contributed by atoms with E-state index in [1.165, 1.54) is 5.56 Å². The normalized spacial score (nSPS) is 9.60. The van der Waals surface area contributed by atoms with Gasteiger partial charge in [0, 0.05) is 6.42 Å². The van der Waals surface area contributed by atoms with Crippen LogP contribution in [0.2, 0.25) is 0 Å². The SMILES string of the molecule is CCCCOc1cccc(CCC#N)c1. The van der Waals surface area contributed by atoms with Crippen LogP contribution in [0.5, 0.6) is 5.75 Å². The van der Waals surface area contributed by atoms with Crippen molar-refractivity contribution in [2.45, 2.75) is 32.6 Å². The number of rotatable bonds is 6. The molecule has 0 saturated carbocycles. The van der Waals surface area contributed by atoms with E-state index >= 15 is 0 Å². The van der Waals surface area contributed by atoms with Crippen LogP contribution in [-0.2, 0) is 6.42 Å². The van der Waals surface area contributed by atoms with Crippen LogP contribution in [-0.4, -0.2) is 6.61 Å². The lowest BCUT2D eigenvalue weighted by Crippen LogP contribution is -1.96. The van der Waals surface area contributed by atoms with Gasteiger partial charge in [-0.05, 0) is 30.5 Å². The van der Waals surface area contributed by atoms with Crippen LogP contribution < -0.4 is 4.74 Å². The third kappa shape index (κ3) is 4.51. The van der Waals surface area contributed by atoms with Crippen molar-refractivity contribution < 1.29 is 4.74 Å². The molecular formula is C13H17NO. The van der Waals surface area contributed by atoms with Crippen molar-refractivity contribution in [1.29, 1.82) is 5.26 Å². The molecule has 0 saturated heterocycles. The van der Waals surface area contributed by atoms with Crippen molar-refractivity contribution in [1.82, 2.24) is 0 Å². The first-order valence-electron chi connectivity index (χ1n) is 5.45. The summed E-state index contributed by atoms with van der Waals surface area (Å²) in [4.78, 5) is 0. The van der Waals surface area contributed by atoms with Crippen LogP contribution in [0, 0.1) is 11.3 Å². The van der Waals surface area contributed by atoms with E-state index in [-0.39, 0.29) is 0 Å². The van der Waals surface area contributed by atoms with Gasteiger partial charge in [0.1, 0.15) is 5.75 Å². The highest BCUT2D eigenvalue weighted by Gasteiger charge is 1.96. The Morgan fingerprint density at radius 2 is 2.27 bits per heavy atom. The molecule has 0 radical (unpaired) electrons. The number of aryl methyl sites for hydroxylation is 1. The standard InChI is InChI=1S/C13H17NO/c1-2-3-10-15-13-8-4-6-12(11-13)7-5-9-14/h4,6,8,11H,2-3,5,7,10H2,1H3. The van der Waals surface area contributed by atoms with E-state index in [9.17, 15) is 0 Å². The van der Waals surface area contributed by atoms with Crippen LogP contribution in [0.15, 0.2) is 24.3 Å². The van der Waals surface area contributed by atoms with Gasteiger partial charge in [0.05, 0.1) is 12.7 Å². The Morgan fingerprint density at radius 3 is 3.00 bits per heavy atom. The Kier molecular flexibility index (Phi) is 5.32. The fraction of sp³-hybridized carbons (Fsp3) is 0.462. The predicted molar refractivity (Wildman–Crippen MR) is 60.8 cm³/mol. The minimum absolute atomic E-state index is 0.568. The van der Waals surface area contributed by atoms with Crippen LogP contribution in [0.1, 0.15) is 31.7 Å². The Morgan fingerprint density at radius 1 is 1.40 bits per heavy atom. The third-order valence-electron chi connectivity index (χ3n) is 2.19. The van der Waals surface area contributed by atoms with Crippen LogP contribution in [0.4, 0.5) is 0 Å². The molecule has 1 aromatic rings. The van der Waals surface area contributed by atoms with Gasteiger partial charge in [0.2, 0.25) is 0 Å². The van der Waals surface area contributed by atoms with Crippen molar-refractivity contribution in [2.75, 3.05) is 6.61 Å². The molecule has 80 valence electrons. The molecule has 0 amide bonds. The van der Waals surface area contributed by atoms with Gasteiger partial charge in [-0.15, -0.1) is 0 Å². The van der Waals surface area contributed by atoms with E-state index in [0.29, 0.717) is 6.42 Å².